The van der Waals surface area contributed by atoms with E-state index in [2.05, 4.69) is 15.3 Å². The molecule has 0 aliphatic heterocycles. The van der Waals surface area contributed by atoms with E-state index in [1.54, 1.807) is 0 Å². The van der Waals surface area contributed by atoms with Crippen LogP contribution in [0.1, 0.15) is 13.8 Å². The van der Waals surface area contributed by atoms with E-state index in [1.807, 2.05) is 13.8 Å². The van der Waals surface area contributed by atoms with Gasteiger partial charge in [0.1, 0.15) is 12.3 Å². The minimum absolute atomic E-state index is 0.0535. The molecule has 0 saturated heterocycles. The minimum Gasteiger partial charge on any atom is -0.474 e. The Labute approximate surface area is 94.4 Å². The molecule has 1 atom stereocenters. The van der Waals surface area contributed by atoms with E-state index >= 15 is 0 Å². The van der Waals surface area contributed by atoms with Crippen LogP contribution in [0.2, 0.25) is 0 Å². The molecular weight excluding hydrogens is 208 g/mol. The van der Waals surface area contributed by atoms with Crippen LogP contribution in [0.15, 0.2) is 0 Å². The van der Waals surface area contributed by atoms with Crippen LogP contribution < -0.4 is 27.3 Å². The Hall–Kier alpha value is -1.76. The smallest absolute Gasteiger partial charge is 0.244 e. The van der Waals surface area contributed by atoms with Crippen molar-refractivity contribution in [3.05, 3.63) is 0 Å². The van der Waals surface area contributed by atoms with Crippen molar-refractivity contribution in [3.8, 4) is 5.88 Å². The van der Waals surface area contributed by atoms with Gasteiger partial charge in [0, 0.05) is 6.04 Å². The first-order valence-electron chi connectivity index (χ1n) is 5.09. The Morgan fingerprint density at radius 1 is 1.31 bits per heavy atom. The summed E-state index contributed by atoms with van der Waals surface area (Å²) in [5, 5.41) is 3.19. The molecule has 0 aliphatic carbocycles. The molecule has 0 aromatic carbocycles. The topological polar surface area (TPSA) is 125 Å². The number of likely N-dealkylation sites (N-methyl/N-ethyl adjacent to an activating group) is 1. The molecule has 1 rings (SSSR count). The predicted molar refractivity (Wildman–Crippen MR) is 63.9 cm³/mol. The summed E-state index contributed by atoms with van der Waals surface area (Å²) in [5.41, 5.74) is 16.9. The quantitative estimate of drug-likeness (QED) is 0.538. The molecule has 0 spiro atoms. The van der Waals surface area contributed by atoms with Crippen molar-refractivity contribution in [1.82, 2.24) is 15.3 Å². The van der Waals surface area contributed by atoms with Crippen LogP contribution in [0.3, 0.4) is 0 Å². The summed E-state index contributed by atoms with van der Waals surface area (Å²) in [6, 6.07) is 0.196. The summed E-state index contributed by atoms with van der Waals surface area (Å²) < 4.78 is 5.41. The van der Waals surface area contributed by atoms with Gasteiger partial charge in [-0.05, 0) is 13.5 Å². The van der Waals surface area contributed by atoms with Crippen LogP contribution in [0.25, 0.3) is 0 Å². The Kier molecular flexibility index (Phi) is 4.12. The highest BCUT2D eigenvalue weighted by Gasteiger charge is 2.10. The first-order chi connectivity index (χ1) is 7.54. The van der Waals surface area contributed by atoms with Crippen LogP contribution in [-0.2, 0) is 0 Å². The Morgan fingerprint density at radius 2 is 2.00 bits per heavy atom. The van der Waals surface area contributed by atoms with Gasteiger partial charge in [-0.15, -0.1) is 0 Å². The summed E-state index contributed by atoms with van der Waals surface area (Å²) in [5.74, 6) is 0.422. The normalized spacial score (nSPS) is 12.4. The number of hydrogen-bond donors (Lipinski definition) is 4. The number of aromatic nitrogens is 2. The maximum absolute atomic E-state index is 5.66. The number of hydrogen-bond acceptors (Lipinski definition) is 7. The lowest BCUT2D eigenvalue weighted by molar-refractivity contribution is 0.267. The Balaban J connectivity index is 2.66. The van der Waals surface area contributed by atoms with Crippen molar-refractivity contribution < 1.29 is 4.74 Å². The van der Waals surface area contributed by atoms with Crippen molar-refractivity contribution in [1.29, 1.82) is 0 Å². The number of anilines is 3. The molecule has 1 heterocycles. The van der Waals surface area contributed by atoms with Crippen LogP contribution in [-0.4, -0.2) is 29.2 Å². The summed E-state index contributed by atoms with van der Waals surface area (Å²) in [6.45, 7) is 5.32. The third-order valence-corrected chi connectivity index (χ3v) is 1.98. The predicted octanol–water partition coefficient (Wildman–Crippen LogP) is -0.400. The van der Waals surface area contributed by atoms with Gasteiger partial charge in [-0.1, -0.05) is 6.92 Å². The molecule has 1 unspecified atom stereocenters. The van der Waals surface area contributed by atoms with Gasteiger partial charge < -0.3 is 27.3 Å². The molecule has 90 valence electrons. The van der Waals surface area contributed by atoms with E-state index < -0.39 is 0 Å². The lowest BCUT2D eigenvalue weighted by Crippen LogP contribution is -2.31. The van der Waals surface area contributed by atoms with Crippen molar-refractivity contribution >= 4 is 17.5 Å². The van der Waals surface area contributed by atoms with Gasteiger partial charge in [-0.2, -0.15) is 9.97 Å². The van der Waals surface area contributed by atoms with E-state index in [9.17, 15) is 0 Å². The average molecular weight is 226 g/mol. The van der Waals surface area contributed by atoms with Crippen LogP contribution in [0.5, 0.6) is 5.88 Å². The highest BCUT2D eigenvalue weighted by Crippen LogP contribution is 2.24. The number of ether oxygens (including phenoxy) is 1. The number of nitrogens with one attached hydrogen (secondary N) is 1. The van der Waals surface area contributed by atoms with E-state index in [1.165, 1.54) is 0 Å². The third kappa shape index (κ3) is 3.13. The molecule has 0 aliphatic rings. The van der Waals surface area contributed by atoms with Crippen molar-refractivity contribution in [2.75, 3.05) is 30.4 Å². The van der Waals surface area contributed by atoms with E-state index in [-0.39, 0.29) is 29.4 Å². The number of nitrogen functional groups attached to an aromatic ring is 3. The molecule has 0 bridgehead atoms. The fourth-order valence-electron chi connectivity index (χ4n) is 1.20. The van der Waals surface area contributed by atoms with Gasteiger partial charge in [0.05, 0.1) is 0 Å². The maximum Gasteiger partial charge on any atom is 0.244 e. The molecule has 16 heavy (non-hydrogen) atoms. The molecule has 7 nitrogen and oxygen atoms in total. The highest BCUT2D eigenvalue weighted by molar-refractivity contribution is 5.65. The largest absolute Gasteiger partial charge is 0.474 e. The second kappa shape index (κ2) is 5.36. The van der Waals surface area contributed by atoms with Gasteiger partial charge in [0.25, 0.3) is 0 Å². The lowest BCUT2D eigenvalue weighted by atomic mass is 10.3. The van der Waals surface area contributed by atoms with Gasteiger partial charge >= 0.3 is 0 Å². The molecule has 0 fully saturated rings. The zero-order chi connectivity index (χ0) is 12.1. The molecule has 0 radical (unpaired) electrons. The fourth-order valence-corrected chi connectivity index (χ4v) is 1.20. The van der Waals surface area contributed by atoms with Crippen molar-refractivity contribution in [2.45, 2.75) is 19.9 Å². The van der Waals surface area contributed by atoms with E-state index in [0.717, 1.165) is 6.54 Å². The first-order valence-corrected chi connectivity index (χ1v) is 5.09. The van der Waals surface area contributed by atoms with Crippen LogP contribution >= 0.6 is 0 Å². The van der Waals surface area contributed by atoms with Gasteiger partial charge in [0.2, 0.25) is 11.8 Å². The van der Waals surface area contributed by atoms with Gasteiger partial charge in [-0.3, -0.25) is 0 Å². The summed E-state index contributed by atoms with van der Waals surface area (Å²) >= 11 is 0. The highest BCUT2D eigenvalue weighted by atomic mass is 16.5. The van der Waals surface area contributed by atoms with Crippen LogP contribution in [0, 0.1) is 0 Å². The molecule has 1 aromatic heterocycles. The maximum atomic E-state index is 5.66. The molecule has 0 saturated carbocycles. The SMILES string of the molecule is CCNC(C)COc1nc(N)nc(N)c1N. The second-order valence-electron chi connectivity index (χ2n) is 3.46. The minimum atomic E-state index is 0.0535. The average Bonchev–Trinajstić information content (AvgIpc) is 2.21. The summed E-state index contributed by atoms with van der Waals surface area (Å²) in [6.07, 6.45) is 0. The second-order valence-corrected chi connectivity index (χ2v) is 3.46. The molecule has 0 amide bonds. The number of nitrogens with two attached hydrogens (primary N) is 3. The van der Waals surface area contributed by atoms with Crippen molar-refractivity contribution in [2.24, 2.45) is 0 Å². The monoisotopic (exact) mass is 226 g/mol. The van der Waals surface area contributed by atoms with E-state index in [0.29, 0.717) is 6.61 Å². The van der Waals surface area contributed by atoms with Crippen molar-refractivity contribution in [3.63, 3.8) is 0 Å². The van der Waals surface area contributed by atoms with Gasteiger partial charge in [-0.25, -0.2) is 0 Å². The number of nitrogens with zero attached hydrogens (tertiary/aromatic N) is 2. The Bertz CT molecular complexity index is 356. The fraction of sp³-hybridized carbons (Fsp3) is 0.556. The molecule has 7 heteroatoms. The zero-order valence-corrected chi connectivity index (χ0v) is 9.53. The molecule has 7 N–H and O–H groups in total. The van der Waals surface area contributed by atoms with Crippen LogP contribution in [0.4, 0.5) is 17.5 Å². The number of rotatable bonds is 5. The summed E-state index contributed by atoms with van der Waals surface area (Å²) in [7, 11) is 0. The standard InChI is InChI=1S/C9H18N6O/c1-3-13-5(2)4-16-8-6(10)7(11)14-9(12)15-8/h5,13H,3-4,10H2,1-2H3,(H4,11,12,14,15). The lowest BCUT2D eigenvalue weighted by Gasteiger charge is -2.14. The third-order valence-electron chi connectivity index (χ3n) is 1.98. The molecule has 1 aromatic rings. The molecular formula is C9H18N6O. The summed E-state index contributed by atoms with van der Waals surface area (Å²) in [4.78, 5) is 7.60. The Morgan fingerprint density at radius 3 is 2.62 bits per heavy atom. The van der Waals surface area contributed by atoms with E-state index in [4.69, 9.17) is 21.9 Å². The zero-order valence-electron chi connectivity index (χ0n) is 9.53. The first kappa shape index (κ1) is 12.3. The van der Waals surface area contributed by atoms with Gasteiger partial charge in [0.15, 0.2) is 5.82 Å².